The van der Waals surface area contributed by atoms with Crippen LogP contribution in [-0.4, -0.2) is 30.9 Å². The number of carbonyl (C=O) groups is 1. The van der Waals surface area contributed by atoms with Crippen molar-refractivity contribution in [2.45, 2.75) is 6.92 Å². The summed E-state index contributed by atoms with van der Waals surface area (Å²) in [6.07, 6.45) is 5.12. The first-order valence-corrected chi connectivity index (χ1v) is 8.58. The number of hydrogen-bond donors (Lipinski definition) is 2. The zero-order valence-corrected chi connectivity index (χ0v) is 15.1. The molecule has 3 aromatic heterocycles. The molecule has 0 saturated heterocycles. The number of carbonyl (C=O) groups excluding carboxylic acids is 1. The summed E-state index contributed by atoms with van der Waals surface area (Å²) in [4.78, 5) is 16.6. The molecular formula is C19H15ClN6O. The van der Waals surface area contributed by atoms with E-state index in [4.69, 9.17) is 11.6 Å². The molecule has 8 heteroatoms. The monoisotopic (exact) mass is 378 g/mol. The topological polar surface area (TPSA) is 88.5 Å². The fourth-order valence-corrected chi connectivity index (χ4v) is 2.88. The van der Waals surface area contributed by atoms with Crippen LogP contribution in [0.2, 0.25) is 5.02 Å². The summed E-state index contributed by atoms with van der Waals surface area (Å²) < 4.78 is 1.60. The predicted molar refractivity (Wildman–Crippen MR) is 103 cm³/mol. The van der Waals surface area contributed by atoms with Crippen LogP contribution >= 0.6 is 11.6 Å². The Bertz CT molecular complexity index is 1100. The molecule has 0 aliphatic carbocycles. The standard InChI is InChI=1S/C19H15ClN6O/c1-12-17(13-5-8-21-9-6-13)23-24-18(12)22-19(27)16-7-10-26(25-16)15-4-2-3-14(20)11-15/h2-11H,1H3,(H2,22,23,24,27). The molecule has 4 aromatic rings. The second kappa shape index (κ2) is 7.05. The summed E-state index contributed by atoms with van der Waals surface area (Å²) in [5, 5.41) is 14.9. The van der Waals surface area contributed by atoms with Gasteiger partial charge in [-0.2, -0.15) is 10.2 Å². The van der Waals surface area contributed by atoms with Gasteiger partial charge in [-0.3, -0.25) is 14.9 Å². The number of rotatable bonds is 4. The van der Waals surface area contributed by atoms with Crippen LogP contribution in [0.15, 0.2) is 61.1 Å². The predicted octanol–water partition coefficient (Wildman–Crippen LogP) is 3.87. The smallest absolute Gasteiger partial charge is 0.277 e. The second-order valence-electron chi connectivity index (χ2n) is 5.89. The van der Waals surface area contributed by atoms with Crippen LogP contribution in [0.4, 0.5) is 5.82 Å². The first-order chi connectivity index (χ1) is 13.1. The molecule has 27 heavy (non-hydrogen) atoms. The molecule has 2 N–H and O–H groups in total. The Labute approximate surface area is 160 Å². The van der Waals surface area contributed by atoms with E-state index in [1.165, 1.54) is 0 Å². The first-order valence-electron chi connectivity index (χ1n) is 8.20. The van der Waals surface area contributed by atoms with Gasteiger partial charge < -0.3 is 5.32 Å². The normalized spacial score (nSPS) is 10.7. The van der Waals surface area contributed by atoms with Gasteiger partial charge in [0.25, 0.3) is 5.91 Å². The van der Waals surface area contributed by atoms with Crippen molar-refractivity contribution in [1.82, 2.24) is 25.0 Å². The van der Waals surface area contributed by atoms with E-state index in [9.17, 15) is 4.79 Å². The van der Waals surface area contributed by atoms with Crippen molar-refractivity contribution in [3.05, 3.63) is 77.3 Å². The molecule has 0 aliphatic rings. The average molecular weight is 379 g/mol. The molecule has 0 fully saturated rings. The van der Waals surface area contributed by atoms with Crippen LogP contribution in [0.5, 0.6) is 0 Å². The fourth-order valence-electron chi connectivity index (χ4n) is 2.70. The van der Waals surface area contributed by atoms with Crippen molar-refractivity contribution in [1.29, 1.82) is 0 Å². The molecule has 0 bridgehead atoms. The van der Waals surface area contributed by atoms with Crippen LogP contribution in [0.25, 0.3) is 16.9 Å². The second-order valence-corrected chi connectivity index (χ2v) is 6.32. The van der Waals surface area contributed by atoms with Crippen LogP contribution < -0.4 is 5.32 Å². The van der Waals surface area contributed by atoms with E-state index in [-0.39, 0.29) is 11.6 Å². The SMILES string of the molecule is Cc1c(NC(=O)c2ccn(-c3cccc(Cl)c3)n2)n[nH]c1-c1ccncc1. The van der Waals surface area contributed by atoms with E-state index in [0.717, 1.165) is 22.5 Å². The molecule has 0 spiro atoms. The Balaban J connectivity index is 1.54. The molecule has 0 saturated carbocycles. The largest absolute Gasteiger partial charge is 0.303 e. The number of nitrogens with one attached hydrogen (secondary N) is 2. The van der Waals surface area contributed by atoms with Crippen molar-refractivity contribution in [3.63, 3.8) is 0 Å². The molecule has 0 unspecified atom stereocenters. The lowest BCUT2D eigenvalue weighted by atomic mass is 10.1. The third kappa shape index (κ3) is 3.45. The lowest BCUT2D eigenvalue weighted by Crippen LogP contribution is -2.14. The van der Waals surface area contributed by atoms with E-state index in [0.29, 0.717) is 10.8 Å². The van der Waals surface area contributed by atoms with Gasteiger partial charge in [-0.25, -0.2) is 4.68 Å². The van der Waals surface area contributed by atoms with Crippen LogP contribution in [0.3, 0.4) is 0 Å². The highest BCUT2D eigenvalue weighted by Gasteiger charge is 2.16. The number of nitrogens with zero attached hydrogens (tertiary/aromatic N) is 4. The highest BCUT2D eigenvalue weighted by molar-refractivity contribution is 6.30. The van der Waals surface area contributed by atoms with Crippen molar-refractivity contribution < 1.29 is 4.79 Å². The molecule has 4 rings (SSSR count). The molecule has 0 aliphatic heterocycles. The molecule has 0 radical (unpaired) electrons. The molecule has 3 heterocycles. The lowest BCUT2D eigenvalue weighted by Gasteiger charge is -2.03. The number of amides is 1. The Morgan fingerprint density at radius 3 is 2.78 bits per heavy atom. The van der Waals surface area contributed by atoms with Gasteiger partial charge in [0.2, 0.25) is 0 Å². The van der Waals surface area contributed by atoms with Crippen molar-refractivity contribution in [3.8, 4) is 16.9 Å². The number of anilines is 1. The number of hydrogen-bond acceptors (Lipinski definition) is 4. The van der Waals surface area contributed by atoms with Gasteiger partial charge in [-0.1, -0.05) is 17.7 Å². The highest BCUT2D eigenvalue weighted by Crippen LogP contribution is 2.25. The summed E-state index contributed by atoms with van der Waals surface area (Å²) in [6.45, 7) is 1.89. The van der Waals surface area contributed by atoms with E-state index >= 15 is 0 Å². The van der Waals surface area contributed by atoms with Crippen LogP contribution in [0, 0.1) is 6.92 Å². The summed E-state index contributed by atoms with van der Waals surface area (Å²) in [5.41, 5.74) is 3.67. The maximum atomic E-state index is 12.5. The van der Waals surface area contributed by atoms with Gasteiger partial charge in [-0.05, 0) is 43.3 Å². The minimum Gasteiger partial charge on any atom is -0.303 e. The number of halogens is 1. The third-order valence-electron chi connectivity index (χ3n) is 4.11. The lowest BCUT2D eigenvalue weighted by molar-refractivity contribution is 0.102. The minimum atomic E-state index is -0.341. The van der Waals surface area contributed by atoms with Crippen LogP contribution in [-0.2, 0) is 0 Å². The average Bonchev–Trinajstić information content (AvgIpc) is 3.31. The summed E-state index contributed by atoms with van der Waals surface area (Å²) in [6, 6.07) is 12.6. The molecule has 134 valence electrons. The van der Waals surface area contributed by atoms with Crippen molar-refractivity contribution in [2.24, 2.45) is 0 Å². The van der Waals surface area contributed by atoms with E-state index in [1.807, 2.05) is 31.2 Å². The van der Waals surface area contributed by atoms with Gasteiger partial charge in [0, 0.05) is 34.7 Å². The van der Waals surface area contributed by atoms with Gasteiger partial charge in [0.05, 0.1) is 11.4 Å². The number of aromatic amines is 1. The Kier molecular flexibility index (Phi) is 4.43. The number of aromatic nitrogens is 5. The van der Waals surface area contributed by atoms with Crippen LogP contribution in [0.1, 0.15) is 16.1 Å². The number of pyridine rings is 1. The molecule has 0 atom stereocenters. The van der Waals surface area contributed by atoms with Gasteiger partial charge in [-0.15, -0.1) is 0 Å². The zero-order chi connectivity index (χ0) is 18.8. The van der Waals surface area contributed by atoms with E-state index in [1.54, 1.807) is 41.5 Å². The van der Waals surface area contributed by atoms with Gasteiger partial charge in [0.1, 0.15) is 0 Å². The Morgan fingerprint density at radius 2 is 2.00 bits per heavy atom. The Morgan fingerprint density at radius 1 is 1.19 bits per heavy atom. The van der Waals surface area contributed by atoms with Gasteiger partial charge in [0.15, 0.2) is 11.5 Å². The first kappa shape index (κ1) is 17.0. The minimum absolute atomic E-state index is 0.280. The summed E-state index contributed by atoms with van der Waals surface area (Å²) in [5.74, 6) is 0.121. The van der Waals surface area contributed by atoms with Crippen molar-refractivity contribution in [2.75, 3.05) is 5.32 Å². The number of H-pyrrole nitrogens is 1. The molecular weight excluding hydrogens is 364 g/mol. The summed E-state index contributed by atoms with van der Waals surface area (Å²) >= 11 is 6.01. The molecule has 7 nitrogen and oxygen atoms in total. The zero-order valence-electron chi connectivity index (χ0n) is 14.3. The maximum Gasteiger partial charge on any atom is 0.277 e. The quantitative estimate of drug-likeness (QED) is 0.564. The van der Waals surface area contributed by atoms with Gasteiger partial charge >= 0.3 is 0 Å². The highest BCUT2D eigenvalue weighted by atomic mass is 35.5. The Hall–Kier alpha value is -3.45. The fraction of sp³-hybridized carbons (Fsp3) is 0.0526. The van der Waals surface area contributed by atoms with E-state index in [2.05, 4.69) is 25.6 Å². The van der Waals surface area contributed by atoms with E-state index < -0.39 is 0 Å². The maximum absolute atomic E-state index is 12.5. The van der Waals surface area contributed by atoms with Crippen molar-refractivity contribution >= 4 is 23.3 Å². The number of benzene rings is 1. The molecule has 1 amide bonds. The molecule has 1 aromatic carbocycles. The third-order valence-corrected chi connectivity index (χ3v) is 4.34. The summed E-state index contributed by atoms with van der Waals surface area (Å²) in [7, 11) is 0.